The Balaban J connectivity index is 2.50. The lowest BCUT2D eigenvalue weighted by Gasteiger charge is -2.11. The number of ether oxygens (including phenoxy) is 2. The van der Waals surface area contributed by atoms with Gasteiger partial charge < -0.3 is 15.2 Å². The van der Waals surface area contributed by atoms with Crippen LogP contribution in [0.3, 0.4) is 0 Å². The summed E-state index contributed by atoms with van der Waals surface area (Å²) in [7, 11) is 1.15. The molecule has 2 aromatic heterocycles. The van der Waals surface area contributed by atoms with E-state index in [4.69, 9.17) is 5.73 Å². The largest absolute Gasteiger partial charge is 0.464 e. The van der Waals surface area contributed by atoms with E-state index in [1.54, 1.807) is 0 Å². The molecule has 0 spiro atoms. The summed E-state index contributed by atoms with van der Waals surface area (Å²) in [5, 5.41) is 0. The number of alkyl halides is 2. The van der Waals surface area contributed by atoms with Crippen molar-refractivity contribution in [1.82, 2.24) is 9.97 Å². The molecule has 0 aromatic carbocycles. The lowest BCUT2D eigenvalue weighted by Crippen LogP contribution is -2.12. The summed E-state index contributed by atoms with van der Waals surface area (Å²) in [5.41, 5.74) is 5.27. The Morgan fingerprint density at radius 2 is 2.04 bits per heavy atom. The van der Waals surface area contributed by atoms with Crippen molar-refractivity contribution in [2.45, 2.75) is 13.5 Å². The molecule has 2 heterocycles. The maximum atomic E-state index is 14.3. The number of aromatic nitrogens is 2. The van der Waals surface area contributed by atoms with Crippen molar-refractivity contribution in [2.24, 2.45) is 0 Å². The molecule has 0 aliphatic heterocycles. The van der Waals surface area contributed by atoms with Gasteiger partial charge in [0.15, 0.2) is 11.5 Å². The minimum atomic E-state index is -3.02. The second kappa shape index (κ2) is 6.51. The summed E-state index contributed by atoms with van der Waals surface area (Å²) in [5.74, 6) is -1.96. The third-order valence-electron chi connectivity index (χ3n) is 3.03. The van der Waals surface area contributed by atoms with Crippen molar-refractivity contribution >= 4 is 11.7 Å². The number of nitrogens with two attached hydrogens (primary N) is 1. The molecule has 2 rings (SSSR count). The number of rotatable bonds is 4. The van der Waals surface area contributed by atoms with E-state index in [1.807, 2.05) is 0 Å². The van der Waals surface area contributed by atoms with E-state index in [2.05, 4.69) is 19.4 Å². The minimum Gasteiger partial charge on any atom is -0.464 e. The van der Waals surface area contributed by atoms with Gasteiger partial charge in [-0.25, -0.2) is 19.2 Å². The van der Waals surface area contributed by atoms with Crippen LogP contribution in [0.1, 0.15) is 16.1 Å². The first-order valence-electron chi connectivity index (χ1n) is 6.30. The number of halogens is 3. The molecule has 6 nitrogen and oxygen atoms in total. The summed E-state index contributed by atoms with van der Waals surface area (Å²) in [4.78, 5) is 19.2. The average molecular weight is 327 g/mol. The van der Waals surface area contributed by atoms with E-state index in [1.165, 1.54) is 13.0 Å². The number of esters is 1. The Morgan fingerprint density at radius 1 is 1.35 bits per heavy atom. The van der Waals surface area contributed by atoms with Gasteiger partial charge in [-0.3, -0.25) is 0 Å². The van der Waals surface area contributed by atoms with Gasteiger partial charge in [0.05, 0.1) is 12.8 Å². The molecule has 0 aliphatic rings. The fourth-order valence-corrected chi connectivity index (χ4v) is 1.83. The molecule has 0 saturated carbocycles. The Labute approximate surface area is 129 Å². The molecule has 122 valence electrons. The number of hydrogen-bond donors (Lipinski definition) is 1. The SMILES string of the molecule is COC(=O)c1nc(-c2ccc(OC(F)F)nc2)c(F)c(N)c1C. The summed E-state index contributed by atoms with van der Waals surface area (Å²) in [6.45, 7) is -1.59. The Kier molecular flexibility index (Phi) is 4.68. The first-order valence-corrected chi connectivity index (χ1v) is 6.30. The number of nitrogen functional groups attached to an aromatic ring is 1. The zero-order valence-electron chi connectivity index (χ0n) is 12.1. The molecule has 0 saturated heterocycles. The van der Waals surface area contributed by atoms with Crippen LogP contribution in [0, 0.1) is 12.7 Å². The summed E-state index contributed by atoms with van der Waals surface area (Å²) < 4.78 is 47.1. The van der Waals surface area contributed by atoms with Gasteiger partial charge in [0.25, 0.3) is 0 Å². The highest BCUT2D eigenvalue weighted by Gasteiger charge is 2.21. The van der Waals surface area contributed by atoms with Crippen molar-refractivity contribution in [2.75, 3.05) is 12.8 Å². The Hall–Kier alpha value is -2.84. The molecule has 9 heteroatoms. The Morgan fingerprint density at radius 3 is 2.57 bits per heavy atom. The van der Waals surface area contributed by atoms with E-state index in [0.29, 0.717) is 0 Å². The number of pyridine rings is 2. The summed E-state index contributed by atoms with van der Waals surface area (Å²) in [6.07, 6.45) is 1.08. The lowest BCUT2D eigenvalue weighted by atomic mass is 10.1. The van der Waals surface area contributed by atoms with Gasteiger partial charge in [-0.1, -0.05) is 0 Å². The predicted octanol–water partition coefficient (Wildman–Crippen LogP) is 2.56. The van der Waals surface area contributed by atoms with Crippen molar-refractivity contribution in [3.63, 3.8) is 0 Å². The number of nitrogens with zero attached hydrogens (tertiary/aromatic N) is 2. The predicted molar refractivity (Wildman–Crippen MR) is 74.5 cm³/mol. The zero-order valence-corrected chi connectivity index (χ0v) is 12.1. The lowest BCUT2D eigenvalue weighted by molar-refractivity contribution is -0.0528. The van der Waals surface area contributed by atoms with E-state index >= 15 is 0 Å². The number of carbonyl (C=O) groups is 1. The van der Waals surface area contributed by atoms with Gasteiger partial charge in [0.1, 0.15) is 5.69 Å². The molecule has 2 N–H and O–H groups in total. The first-order chi connectivity index (χ1) is 10.8. The standard InChI is InChI=1S/C14H12F3N3O3/c1-6-10(18)9(15)12(20-11(6)13(21)22-2)7-3-4-8(19-5-7)23-14(16)17/h3-5,14H,1-2H3,(H2,18,20). The van der Waals surface area contributed by atoms with Crippen molar-refractivity contribution in [3.8, 4) is 17.1 Å². The van der Waals surface area contributed by atoms with Gasteiger partial charge >= 0.3 is 12.6 Å². The quantitative estimate of drug-likeness (QED) is 0.869. The fraction of sp³-hybridized carbons (Fsp3) is 0.214. The molecular formula is C14H12F3N3O3. The summed E-state index contributed by atoms with van der Waals surface area (Å²) in [6, 6.07) is 2.39. The molecule has 0 radical (unpaired) electrons. The average Bonchev–Trinajstić information content (AvgIpc) is 2.53. The Bertz CT molecular complexity index is 736. The van der Waals surface area contributed by atoms with Gasteiger partial charge in [-0.15, -0.1) is 0 Å². The topological polar surface area (TPSA) is 87.3 Å². The van der Waals surface area contributed by atoms with Gasteiger partial charge in [-0.2, -0.15) is 8.78 Å². The highest BCUT2D eigenvalue weighted by Crippen LogP contribution is 2.29. The first kappa shape index (κ1) is 16.5. The third-order valence-corrected chi connectivity index (χ3v) is 3.03. The molecule has 2 aromatic rings. The highest BCUT2D eigenvalue weighted by atomic mass is 19.3. The van der Waals surface area contributed by atoms with Crippen LogP contribution in [-0.2, 0) is 4.74 Å². The molecule has 23 heavy (non-hydrogen) atoms. The van der Waals surface area contributed by atoms with Gasteiger partial charge in [-0.05, 0) is 13.0 Å². The summed E-state index contributed by atoms with van der Waals surface area (Å²) >= 11 is 0. The molecular weight excluding hydrogens is 315 g/mol. The molecule has 0 bridgehead atoms. The van der Waals surface area contributed by atoms with E-state index in [9.17, 15) is 18.0 Å². The van der Waals surface area contributed by atoms with Crippen LogP contribution in [0.15, 0.2) is 18.3 Å². The van der Waals surface area contributed by atoms with E-state index in [-0.39, 0.29) is 34.1 Å². The second-order valence-electron chi connectivity index (χ2n) is 4.42. The number of hydrogen-bond acceptors (Lipinski definition) is 6. The monoisotopic (exact) mass is 327 g/mol. The normalized spacial score (nSPS) is 10.7. The van der Waals surface area contributed by atoms with Crippen LogP contribution >= 0.6 is 0 Å². The van der Waals surface area contributed by atoms with Crippen molar-refractivity contribution in [3.05, 3.63) is 35.4 Å². The van der Waals surface area contributed by atoms with Crippen LogP contribution in [0.4, 0.5) is 18.9 Å². The van der Waals surface area contributed by atoms with Crippen LogP contribution in [0.5, 0.6) is 5.88 Å². The smallest absolute Gasteiger partial charge is 0.388 e. The maximum absolute atomic E-state index is 14.3. The fourth-order valence-electron chi connectivity index (χ4n) is 1.83. The van der Waals surface area contributed by atoms with Crippen LogP contribution in [-0.4, -0.2) is 29.7 Å². The van der Waals surface area contributed by atoms with Gasteiger partial charge in [0.2, 0.25) is 5.88 Å². The molecule has 0 amide bonds. The number of anilines is 1. The van der Waals surface area contributed by atoms with E-state index < -0.39 is 18.4 Å². The third kappa shape index (κ3) is 3.33. The number of methoxy groups -OCH3 is 1. The van der Waals surface area contributed by atoms with Crippen LogP contribution in [0.2, 0.25) is 0 Å². The zero-order chi connectivity index (χ0) is 17.1. The minimum absolute atomic E-state index is 0.140. The maximum Gasteiger partial charge on any atom is 0.388 e. The molecule has 0 atom stereocenters. The van der Waals surface area contributed by atoms with Crippen LogP contribution in [0.25, 0.3) is 11.3 Å². The molecule has 0 unspecified atom stereocenters. The molecule has 0 aliphatic carbocycles. The van der Waals surface area contributed by atoms with Gasteiger partial charge in [0, 0.05) is 23.4 Å². The van der Waals surface area contributed by atoms with Crippen molar-refractivity contribution < 1.29 is 27.4 Å². The second-order valence-corrected chi connectivity index (χ2v) is 4.42. The molecule has 0 fully saturated rings. The van der Waals surface area contributed by atoms with Crippen LogP contribution < -0.4 is 10.5 Å². The van der Waals surface area contributed by atoms with Crippen molar-refractivity contribution in [1.29, 1.82) is 0 Å². The number of carbonyl (C=O) groups excluding carboxylic acids is 1. The van der Waals surface area contributed by atoms with E-state index in [0.717, 1.165) is 19.4 Å². The highest BCUT2D eigenvalue weighted by molar-refractivity contribution is 5.91.